The third kappa shape index (κ3) is 15.2. The topological polar surface area (TPSA) is 280 Å². The molecular formula is C28H44N4O14. The van der Waals surface area contributed by atoms with Crippen molar-refractivity contribution in [2.75, 3.05) is 45.8 Å². The van der Waals surface area contributed by atoms with Gasteiger partial charge in [0.15, 0.2) is 5.78 Å². The van der Waals surface area contributed by atoms with Crippen molar-refractivity contribution in [2.45, 2.75) is 76.5 Å². The standard InChI is InChI=1S/C28H44N4O14/c1-17(33)32-12-19(34)11-21(32)27(44)29-8-4-2-6-18(28(45)46)10-22(35)20(31(15-25(40)41)16-26(42)43)7-3-5-9-30(13-23(36)37)14-24(38)39/h18-21,34H,2-16H2,1H3,(H,29,44)(H,36,37)(H,38,39)(H,40,41)(H,42,43)(H,45,46)/t18-,19-,20+,21+/m1/s1. The van der Waals surface area contributed by atoms with Crippen molar-refractivity contribution in [1.82, 2.24) is 20.0 Å². The number of hydrogen-bond acceptors (Lipinski definition) is 11. The fourth-order valence-corrected chi connectivity index (χ4v) is 5.39. The number of aliphatic hydroxyl groups excluding tert-OH is 1. The van der Waals surface area contributed by atoms with Gasteiger partial charge in [0.25, 0.3) is 0 Å². The van der Waals surface area contributed by atoms with Crippen LogP contribution in [0.15, 0.2) is 0 Å². The van der Waals surface area contributed by atoms with E-state index in [1.165, 1.54) is 11.8 Å². The average molecular weight is 661 g/mol. The van der Waals surface area contributed by atoms with Gasteiger partial charge in [-0.15, -0.1) is 0 Å². The number of nitrogens with zero attached hydrogens (tertiary/aromatic N) is 3. The maximum atomic E-state index is 13.4. The molecule has 18 nitrogen and oxygen atoms in total. The van der Waals surface area contributed by atoms with Gasteiger partial charge < -0.3 is 40.9 Å². The Bertz CT molecular complexity index is 1080. The Kier molecular flexibility index (Phi) is 17.4. The number of unbranched alkanes of at least 4 members (excludes halogenated alkanes) is 2. The number of amides is 2. The number of Topliss-reactive ketones (excluding diaryl/α,β-unsaturated/α-hetero) is 1. The predicted octanol–water partition coefficient (Wildman–Crippen LogP) is -1.60. The Morgan fingerprint density at radius 2 is 1.33 bits per heavy atom. The minimum Gasteiger partial charge on any atom is -0.481 e. The van der Waals surface area contributed by atoms with Crippen LogP contribution in [-0.2, 0) is 38.4 Å². The molecule has 46 heavy (non-hydrogen) atoms. The van der Waals surface area contributed by atoms with Crippen molar-refractivity contribution in [1.29, 1.82) is 0 Å². The van der Waals surface area contributed by atoms with Crippen LogP contribution < -0.4 is 5.32 Å². The minimum absolute atomic E-state index is 0.0137. The summed E-state index contributed by atoms with van der Waals surface area (Å²) in [6.45, 7) is -1.24. The lowest BCUT2D eigenvalue weighted by Crippen LogP contribution is -2.47. The number of rotatable bonds is 24. The van der Waals surface area contributed by atoms with E-state index >= 15 is 0 Å². The molecule has 0 bridgehead atoms. The first-order chi connectivity index (χ1) is 21.5. The molecule has 7 N–H and O–H groups in total. The van der Waals surface area contributed by atoms with Crippen LogP contribution in [0.2, 0.25) is 0 Å². The van der Waals surface area contributed by atoms with E-state index < -0.39 is 98.2 Å². The molecule has 4 atom stereocenters. The third-order valence-corrected chi connectivity index (χ3v) is 7.47. The smallest absolute Gasteiger partial charge is 0.317 e. The van der Waals surface area contributed by atoms with Gasteiger partial charge in [-0.2, -0.15) is 0 Å². The molecule has 2 amide bonds. The van der Waals surface area contributed by atoms with Crippen molar-refractivity contribution >= 4 is 47.4 Å². The summed E-state index contributed by atoms with van der Waals surface area (Å²) in [7, 11) is 0. The lowest BCUT2D eigenvalue weighted by Gasteiger charge is -2.29. The second kappa shape index (κ2) is 20.1. The summed E-state index contributed by atoms with van der Waals surface area (Å²) in [5.74, 6) is -9.32. The molecule has 1 rings (SSSR count). The number of nitrogens with one attached hydrogen (secondary N) is 1. The number of carboxylic acids is 5. The normalized spacial score (nSPS) is 17.4. The van der Waals surface area contributed by atoms with Gasteiger partial charge in [-0.05, 0) is 32.2 Å². The number of carboxylic acid groups (broad SMARTS) is 5. The molecule has 18 heteroatoms. The van der Waals surface area contributed by atoms with Crippen LogP contribution in [0.3, 0.4) is 0 Å². The highest BCUT2D eigenvalue weighted by atomic mass is 16.4. The molecule has 1 saturated heterocycles. The maximum absolute atomic E-state index is 13.4. The van der Waals surface area contributed by atoms with Gasteiger partial charge in [0.05, 0.1) is 44.2 Å². The van der Waals surface area contributed by atoms with E-state index in [0.29, 0.717) is 6.42 Å². The fraction of sp³-hybridized carbons (Fsp3) is 0.714. The maximum Gasteiger partial charge on any atom is 0.317 e. The van der Waals surface area contributed by atoms with E-state index in [1.807, 2.05) is 0 Å². The lowest BCUT2D eigenvalue weighted by molar-refractivity contribution is -0.148. The fourth-order valence-electron chi connectivity index (χ4n) is 5.39. The van der Waals surface area contributed by atoms with E-state index in [-0.39, 0.29) is 64.1 Å². The van der Waals surface area contributed by atoms with Crippen molar-refractivity contribution in [3.63, 3.8) is 0 Å². The Hall–Kier alpha value is -4.16. The van der Waals surface area contributed by atoms with Crippen molar-refractivity contribution in [3.05, 3.63) is 0 Å². The van der Waals surface area contributed by atoms with Crippen LogP contribution in [0, 0.1) is 5.92 Å². The Labute approximate surface area is 264 Å². The van der Waals surface area contributed by atoms with Crippen LogP contribution in [0.4, 0.5) is 0 Å². The van der Waals surface area contributed by atoms with E-state index in [1.54, 1.807) is 0 Å². The molecule has 0 aromatic rings. The second-order valence-corrected chi connectivity index (χ2v) is 11.3. The minimum atomic E-state index is -1.41. The molecule has 0 aromatic heterocycles. The first-order valence-corrected chi connectivity index (χ1v) is 14.8. The van der Waals surface area contributed by atoms with E-state index in [4.69, 9.17) is 10.2 Å². The molecule has 260 valence electrons. The highest BCUT2D eigenvalue weighted by Gasteiger charge is 2.37. The first kappa shape index (κ1) is 39.9. The molecule has 1 heterocycles. The second-order valence-electron chi connectivity index (χ2n) is 11.3. The van der Waals surface area contributed by atoms with Gasteiger partial charge in [0.1, 0.15) is 6.04 Å². The molecule has 0 aromatic carbocycles. The van der Waals surface area contributed by atoms with Crippen LogP contribution in [0.1, 0.15) is 58.3 Å². The monoisotopic (exact) mass is 660 g/mol. The first-order valence-electron chi connectivity index (χ1n) is 14.8. The molecule has 0 saturated carbocycles. The number of hydrogen-bond donors (Lipinski definition) is 7. The molecule has 0 radical (unpaired) electrons. The Morgan fingerprint density at radius 1 is 0.783 bits per heavy atom. The summed E-state index contributed by atoms with van der Waals surface area (Å²) < 4.78 is 0. The number of aliphatic carboxylic acids is 5. The van der Waals surface area contributed by atoms with Gasteiger partial charge in [0.2, 0.25) is 11.8 Å². The molecule has 1 aliphatic heterocycles. The zero-order chi connectivity index (χ0) is 35.0. The van der Waals surface area contributed by atoms with Crippen molar-refractivity contribution in [3.8, 4) is 0 Å². The van der Waals surface area contributed by atoms with Gasteiger partial charge in [-0.25, -0.2) is 0 Å². The molecule has 0 spiro atoms. The van der Waals surface area contributed by atoms with Gasteiger partial charge in [0, 0.05) is 32.9 Å². The number of likely N-dealkylation sites (tertiary alicyclic amines) is 1. The zero-order valence-corrected chi connectivity index (χ0v) is 25.7. The SMILES string of the molecule is CC(=O)N1C[C@H](O)C[C@H]1C(=O)NCCCC[C@H](CC(=O)[C@H](CCCCN(CC(=O)O)CC(=O)O)N(CC(=O)O)CC(=O)O)C(=O)O. The number of β-amino-alcohol motifs (C(OH)–C–C–N with tert-alkyl or cyclic N) is 1. The number of aliphatic hydroxyl groups is 1. The lowest BCUT2D eigenvalue weighted by atomic mass is 9.91. The summed E-state index contributed by atoms with van der Waals surface area (Å²) in [6, 6.07) is -2.10. The quantitative estimate of drug-likeness (QED) is 0.0574. The van der Waals surface area contributed by atoms with Gasteiger partial charge in [-0.3, -0.25) is 48.2 Å². The number of carbonyl (C=O) groups is 8. The molecule has 1 fully saturated rings. The number of ketones is 1. The Balaban J connectivity index is 2.83. The average Bonchev–Trinajstić information content (AvgIpc) is 3.32. The summed E-state index contributed by atoms with van der Waals surface area (Å²) in [5, 5.41) is 58.8. The van der Waals surface area contributed by atoms with Gasteiger partial charge in [-0.1, -0.05) is 12.8 Å². The van der Waals surface area contributed by atoms with Crippen LogP contribution in [0.25, 0.3) is 0 Å². The third-order valence-electron chi connectivity index (χ3n) is 7.47. The zero-order valence-electron chi connectivity index (χ0n) is 25.7. The summed E-state index contributed by atoms with van der Waals surface area (Å²) in [4.78, 5) is 97.8. The summed E-state index contributed by atoms with van der Waals surface area (Å²) in [5.41, 5.74) is 0. The highest BCUT2D eigenvalue weighted by molar-refractivity contribution is 5.89. The summed E-state index contributed by atoms with van der Waals surface area (Å²) in [6.07, 6.45) is -0.371. The highest BCUT2D eigenvalue weighted by Crippen LogP contribution is 2.21. The molecular weight excluding hydrogens is 616 g/mol. The predicted molar refractivity (Wildman–Crippen MR) is 156 cm³/mol. The van der Waals surface area contributed by atoms with Crippen LogP contribution in [-0.4, -0.2) is 157 Å². The summed E-state index contributed by atoms with van der Waals surface area (Å²) >= 11 is 0. The largest absolute Gasteiger partial charge is 0.481 e. The van der Waals surface area contributed by atoms with Crippen LogP contribution >= 0.6 is 0 Å². The van der Waals surface area contributed by atoms with Crippen molar-refractivity contribution < 1.29 is 69.0 Å². The van der Waals surface area contributed by atoms with E-state index in [9.17, 15) is 58.8 Å². The van der Waals surface area contributed by atoms with Gasteiger partial charge >= 0.3 is 29.8 Å². The van der Waals surface area contributed by atoms with E-state index in [2.05, 4.69) is 5.32 Å². The Morgan fingerprint density at radius 3 is 1.83 bits per heavy atom. The number of carbonyl (C=O) groups excluding carboxylic acids is 3. The van der Waals surface area contributed by atoms with Crippen LogP contribution in [0.5, 0.6) is 0 Å². The molecule has 0 aliphatic carbocycles. The van der Waals surface area contributed by atoms with Crippen molar-refractivity contribution in [2.24, 2.45) is 5.92 Å². The molecule has 0 unspecified atom stereocenters. The van der Waals surface area contributed by atoms with E-state index in [0.717, 1.165) is 9.80 Å². The molecule has 1 aliphatic rings.